The maximum absolute atomic E-state index is 13.7. The van der Waals surface area contributed by atoms with E-state index in [-0.39, 0.29) is 5.82 Å². The highest BCUT2D eigenvalue weighted by atomic mass is 19.4. The Kier molecular flexibility index (Phi) is 5.26. The highest BCUT2D eigenvalue weighted by Gasteiger charge is 2.31. The summed E-state index contributed by atoms with van der Waals surface area (Å²) in [5.74, 6) is -0.783. The van der Waals surface area contributed by atoms with Crippen molar-refractivity contribution < 1.29 is 27.2 Å². The number of carbonyl (C=O) groups is 2. The van der Waals surface area contributed by atoms with Gasteiger partial charge in [0, 0.05) is 17.4 Å². The number of nitrogen functional groups attached to an aromatic ring is 1. The third kappa shape index (κ3) is 4.37. The van der Waals surface area contributed by atoms with Crippen molar-refractivity contribution in [2.24, 2.45) is 0 Å². The van der Waals surface area contributed by atoms with E-state index in [1.165, 1.54) is 12.1 Å². The van der Waals surface area contributed by atoms with Crippen LogP contribution in [0.4, 0.5) is 39.5 Å². The maximum Gasteiger partial charge on any atom is 0.416 e. The number of H-pyrrole nitrogens is 1. The van der Waals surface area contributed by atoms with Gasteiger partial charge in [-0.25, -0.2) is 9.18 Å². The van der Waals surface area contributed by atoms with Crippen LogP contribution in [0, 0.1) is 5.82 Å². The number of amides is 2. The molecule has 1 heterocycles. The molecule has 0 atom stereocenters. The van der Waals surface area contributed by atoms with Gasteiger partial charge in [-0.3, -0.25) is 4.79 Å². The van der Waals surface area contributed by atoms with Crippen LogP contribution in [0.2, 0.25) is 0 Å². The summed E-state index contributed by atoms with van der Waals surface area (Å²) in [7, 11) is 0. The Bertz CT molecular complexity index is 1060. The van der Waals surface area contributed by atoms with E-state index in [1.807, 2.05) is 5.32 Å². The van der Waals surface area contributed by atoms with E-state index in [0.29, 0.717) is 46.9 Å². The van der Waals surface area contributed by atoms with Crippen LogP contribution in [0.25, 0.3) is 11.1 Å². The van der Waals surface area contributed by atoms with Crippen LogP contribution < -0.4 is 16.4 Å². The molecule has 0 saturated heterocycles. The molecular formula is C19H14F4N4O2. The predicted octanol–water partition coefficient (Wildman–Crippen LogP) is 4.88. The summed E-state index contributed by atoms with van der Waals surface area (Å²) in [6.07, 6.45) is -2.49. The third-order valence-corrected chi connectivity index (χ3v) is 4.07. The van der Waals surface area contributed by atoms with Gasteiger partial charge in [0.15, 0.2) is 6.29 Å². The molecule has 5 N–H and O–H groups in total. The molecule has 10 heteroatoms. The number of hydrogen-bond acceptors (Lipinski definition) is 3. The van der Waals surface area contributed by atoms with Crippen molar-refractivity contribution >= 4 is 29.5 Å². The fraction of sp³-hybridized carbons (Fsp3) is 0.0526. The first-order valence-corrected chi connectivity index (χ1v) is 8.16. The Morgan fingerprint density at radius 1 is 1.07 bits per heavy atom. The Balaban J connectivity index is 1.72. The molecule has 0 unspecified atom stereocenters. The summed E-state index contributed by atoms with van der Waals surface area (Å²) < 4.78 is 51.9. The zero-order chi connectivity index (χ0) is 21.2. The van der Waals surface area contributed by atoms with E-state index in [0.717, 1.165) is 0 Å². The van der Waals surface area contributed by atoms with E-state index in [1.54, 1.807) is 18.3 Å². The van der Waals surface area contributed by atoms with Gasteiger partial charge in [-0.1, -0.05) is 12.1 Å². The van der Waals surface area contributed by atoms with Gasteiger partial charge in [0.2, 0.25) is 0 Å². The molecule has 2 aromatic carbocycles. The van der Waals surface area contributed by atoms with Crippen molar-refractivity contribution in [3.05, 3.63) is 65.6 Å². The average Bonchev–Trinajstić information content (AvgIpc) is 3.03. The second kappa shape index (κ2) is 7.66. The van der Waals surface area contributed by atoms with Crippen LogP contribution in [0.1, 0.15) is 15.9 Å². The van der Waals surface area contributed by atoms with Crippen molar-refractivity contribution in [1.82, 2.24) is 4.98 Å². The number of halogens is 4. The average molecular weight is 406 g/mol. The van der Waals surface area contributed by atoms with Gasteiger partial charge in [0.25, 0.3) is 0 Å². The summed E-state index contributed by atoms with van der Waals surface area (Å²) in [5, 5.41) is 4.43. The van der Waals surface area contributed by atoms with Crippen LogP contribution >= 0.6 is 0 Å². The fourth-order valence-electron chi connectivity index (χ4n) is 2.63. The van der Waals surface area contributed by atoms with E-state index in [2.05, 4.69) is 10.3 Å². The molecule has 0 saturated carbocycles. The zero-order valence-electron chi connectivity index (χ0n) is 14.6. The Hall–Kier alpha value is -3.82. The van der Waals surface area contributed by atoms with E-state index < -0.39 is 29.3 Å². The number of aromatic nitrogens is 1. The topological polar surface area (TPSA) is 100 Å². The van der Waals surface area contributed by atoms with E-state index in [9.17, 15) is 27.2 Å². The maximum atomic E-state index is 13.7. The summed E-state index contributed by atoms with van der Waals surface area (Å²) in [6.45, 7) is 0. The van der Waals surface area contributed by atoms with Crippen molar-refractivity contribution in [2.45, 2.75) is 6.18 Å². The number of alkyl halides is 3. The minimum Gasteiger partial charge on any atom is -0.385 e. The first-order valence-electron chi connectivity index (χ1n) is 8.16. The Labute approximate surface area is 161 Å². The Morgan fingerprint density at radius 2 is 1.76 bits per heavy atom. The largest absolute Gasteiger partial charge is 0.416 e. The minimum absolute atomic E-state index is 0.222. The number of urea groups is 1. The lowest BCUT2D eigenvalue weighted by molar-refractivity contribution is -0.137. The van der Waals surface area contributed by atoms with Crippen LogP contribution in [0.15, 0.2) is 48.7 Å². The molecule has 6 nitrogen and oxygen atoms in total. The fourth-order valence-corrected chi connectivity index (χ4v) is 2.63. The first kappa shape index (κ1) is 19.9. The Morgan fingerprint density at radius 3 is 2.38 bits per heavy atom. The second-order valence-corrected chi connectivity index (χ2v) is 6.00. The van der Waals surface area contributed by atoms with Crippen LogP contribution in [0.5, 0.6) is 0 Å². The SMILES string of the molecule is Nc1[nH]cc(-c2ccc(NC(=O)Nc3cc(C(F)(F)F)ccc3F)cc2)c1C=O. The van der Waals surface area contributed by atoms with Crippen LogP contribution in [0.3, 0.4) is 0 Å². The van der Waals surface area contributed by atoms with Crippen LogP contribution in [-0.4, -0.2) is 17.3 Å². The van der Waals surface area contributed by atoms with Gasteiger partial charge in [-0.15, -0.1) is 0 Å². The standard InChI is InChI=1S/C19H14F4N4O2/c20-15-6-3-11(19(21,22)23)7-16(15)27-18(29)26-12-4-1-10(2-5-12)13-8-25-17(24)14(13)9-28/h1-9,25H,24H2,(H2,26,27,29). The number of rotatable bonds is 4. The first-order chi connectivity index (χ1) is 13.7. The predicted molar refractivity (Wildman–Crippen MR) is 100 cm³/mol. The number of carbonyl (C=O) groups excluding carboxylic acids is 2. The summed E-state index contributed by atoms with van der Waals surface area (Å²) in [6, 6.07) is 7.03. The van der Waals surface area contributed by atoms with Crippen molar-refractivity contribution in [3.8, 4) is 11.1 Å². The summed E-state index contributed by atoms with van der Waals surface area (Å²) >= 11 is 0. The molecule has 3 rings (SSSR count). The lowest BCUT2D eigenvalue weighted by atomic mass is 10.0. The lowest BCUT2D eigenvalue weighted by Crippen LogP contribution is -2.20. The molecule has 0 radical (unpaired) electrons. The molecule has 150 valence electrons. The highest BCUT2D eigenvalue weighted by Crippen LogP contribution is 2.32. The molecule has 2 amide bonds. The van der Waals surface area contributed by atoms with Gasteiger partial charge in [-0.05, 0) is 35.9 Å². The monoisotopic (exact) mass is 406 g/mol. The molecule has 0 aliphatic carbocycles. The molecule has 0 bridgehead atoms. The molecule has 0 aliphatic rings. The van der Waals surface area contributed by atoms with Crippen molar-refractivity contribution in [2.75, 3.05) is 16.4 Å². The van der Waals surface area contributed by atoms with Gasteiger partial charge < -0.3 is 21.4 Å². The van der Waals surface area contributed by atoms with Crippen molar-refractivity contribution in [3.63, 3.8) is 0 Å². The highest BCUT2D eigenvalue weighted by molar-refractivity contribution is 6.00. The molecule has 0 fully saturated rings. The normalized spacial score (nSPS) is 11.2. The number of hydrogen-bond donors (Lipinski definition) is 4. The number of nitrogens with one attached hydrogen (secondary N) is 3. The molecule has 0 aliphatic heterocycles. The van der Waals surface area contributed by atoms with Crippen LogP contribution in [-0.2, 0) is 6.18 Å². The summed E-state index contributed by atoms with van der Waals surface area (Å²) in [4.78, 5) is 25.9. The van der Waals surface area contributed by atoms with Crippen molar-refractivity contribution in [1.29, 1.82) is 0 Å². The molecule has 0 spiro atoms. The van der Waals surface area contributed by atoms with Gasteiger partial charge >= 0.3 is 12.2 Å². The summed E-state index contributed by atoms with van der Waals surface area (Å²) in [5.41, 5.74) is 5.78. The number of nitrogens with two attached hydrogens (primary N) is 1. The zero-order valence-corrected chi connectivity index (χ0v) is 14.6. The molecule has 1 aromatic heterocycles. The van der Waals surface area contributed by atoms with E-state index >= 15 is 0 Å². The van der Waals surface area contributed by atoms with Gasteiger partial charge in [0.1, 0.15) is 11.6 Å². The van der Waals surface area contributed by atoms with E-state index in [4.69, 9.17) is 5.73 Å². The lowest BCUT2D eigenvalue weighted by Gasteiger charge is -2.12. The number of benzene rings is 2. The number of anilines is 3. The van der Waals surface area contributed by atoms with Gasteiger partial charge in [-0.2, -0.15) is 13.2 Å². The second-order valence-electron chi connectivity index (χ2n) is 6.00. The quantitative estimate of drug-likeness (QED) is 0.367. The van der Waals surface area contributed by atoms with Gasteiger partial charge in [0.05, 0.1) is 16.8 Å². The number of aldehydes is 1. The smallest absolute Gasteiger partial charge is 0.385 e. The minimum atomic E-state index is -4.67. The number of aromatic amines is 1. The molecular weight excluding hydrogens is 392 g/mol. The molecule has 29 heavy (non-hydrogen) atoms. The molecule has 3 aromatic rings. The third-order valence-electron chi connectivity index (χ3n) is 4.07.